The number of nitrogen functional groups attached to an aromatic ring is 1. The Kier molecular flexibility index (Phi) is 4.18. The van der Waals surface area contributed by atoms with E-state index in [1.807, 2.05) is 6.07 Å². The molecule has 0 spiro atoms. The highest BCUT2D eigenvalue weighted by Crippen LogP contribution is 2.32. The van der Waals surface area contributed by atoms with Gasteiger partial charge in [0.2, 0.25) is 0 Å². The Bertz CT molecular complexity index is 834. The van der Waals surface area contributed by atoms with Gasteiger partial charge in [-0.05, 0) is 6.07 Å². The lowest BCUT2D eigenvalue weighted by atomic mass is 10.2. The standard InChI is InChI=1S/C14H12N4O5/c1-22-11-4-3-9(18(20)21)5-10(11)17-7-8(6-15)12(16)13(17)14(19)23-2/h3-5,7H,16H2,1-2H3. The maximum atomic E-state index is 12.0. The molecule has 0 saturated carbocycles. The highest BCUT2D eigenvalue weighted by atomic mass is 16.6. The Hall–Kier alpha value is -3.54. The van der Waals surface area contributed by atoms with E-state index >= 15 is 0 Å². The minimum absolute atomic E-state index is 0.0407. The van der Waals surface area contributed by atoms with Gasteiger partial charge < -0.3 is 19.8 Å². The van der Waals surface area contributed by atoms with Crippen LogP contribution in [0.5, 0.6) is 5.75 Å². The monoisotopic (exact) mass is 316 g/mol. The number of ether oxygens (including phenoxy) is 2. The number of methoxy groups -OCH3 is 2. The second-order valence-electron chi connectivity index (χ2n) is 4.39. The van der Waals surface area contributed by atoms with E-state index in [1.165, 1.54) is 36.1 Å². The highest BCUT2D eigenvalue weighted by Gasteiger charge is 2.24. The summed E-state index contributed by atoms with van der Waals surface area (Å²) in [6.45, 7) is 0. The number of nitrogens with two attached hydrogens (primary N) is 1. The summed E-state index contributed by atoms with van der Waals surface area (Å²) >= 11 is 0. The van der Waals surface area contributed by atoms with Gasteiger partial charge in [0, 0.05) is 18.3 Å². The summed E-state index contributed by atoms with van der Waals surface area (Å²) in [5, 5.41) is 20.1. The number of aromatic nitrogens is 1. The summed E-state index contributed by atoms with van der Waals surface area (Å²) in [6.07, 6.45) is 1.29. The molecule has 9 nitrogen and oxygen atoms in total. The van der Waals surface area contributed by atoms with Gasteiger partial charge >= 0.3 is 5.97 Å². The van der Waals surface area contributed by atoms with Crippen molar-refractivity contribution in [3.8, 4) is 17.5 Å². The topological polar surface area (TPSA) is 133 Å². The van der Waals surface area contributed by atoms with E-state index < -0.39 is 10.9 Å². The Balaban J connectivity index is 2.80. The lowest BCUT2D eigenvalue weighted by Gasteiger charge is -2.12. The number of esters is 1. The van der Waals surface area contributed by atoms with Crippen LogP contribution in [0.2, 0.25) is 0 Å². The van der Waals surface area contributed by atoms with Gasteiger partial charge in [-0.1, -0.05) is 0 Å². The molecule has 9 heteroatoms. The number of nitriles is 1. The predicted molar refractivity (Wildman–Crippen MR) is 79.4 cm³/mol. The van der Waals surface area contributed by atoms with E-state index in [-0.39, 0.29) is 34.1 Å². The van der Waals surface area contributed by atoms with Crippen LogP contribution in [-0.2, 0) is 4.74 Å². The van der Waals surface area contributed by atoms with Gasteiger partial charge in [0.05, 0.1) is 36.1 Å². The predicted octanol–water partition coefficient (Wildman–Crippen LogP) is 1.63. The minimum atomic E-state index is -0.780. The van der Waals surface area contributed by atoms with Gasteiger partial charge in [-0.2, -0.15) is 5.26 Å². The van der Waals surface area contributed by atoms with Crippen molar-refractivity contribution in [3.63, 3.8) is 0 Å². The number of anilines is 1. The quantitative estimate of drug-likeness (QED) is 0.514. The molecule has 0 atom stereocenters. The van der Waals surface area contributed by atoms with Crippen LogP contribution in [0.1, 0.15) is 16.1 Å². The van der Waals surface area contributed by atoms with Crippen molar-refractivity contribution in [2.24, 2.45) is 0 Å². The van der Waals surface area contributed by atoms with Crippen LogP contribution in [-0.4, -0.2) is 29.7 Å². The van der Waals surface area contributed by atoms with Crippen LogP contribution in [0, 0.1) is 21.4 Å². The Labute approximate surface area is 130 Å². The fraction of sp³-hybridized carbons (Fsp3) is 0.143. The zero-order valence-corrected chi connectivity index (χ0v) is 12.3. The first-order valence-corrected chi connectivity index (χ1v) is 6.26. The fourth-order valence-electron chi connectivity index (χ4n) is 2.08. The average molecular weight is 316 g/mol. The number of nitro benzene ring substituents is 1. The van der Waals surface area contributed by atoms with E-state index in [4.69, 9.17) is 15.7 Å². The van der Waals surface area contributed by atoms with E-state index in [0.717, 1.165) is 7.11 Å². The molecule has 0 aliphatic rings. The molecule has 23 heavy (non-hydrogen) atoms. The molecule has 0 unspecified atom stereocenters. The molecular weight excluding hydrogens is 304 g/mol. The minimum Gasteiger partial charge on any atom is -0.495 e. The fourth-order valence-corrected chi connectivity index (χ4v) is 2.08. The number of hydrogen-bond acceptors (Lipinski definition) is 7. The van der Waals surface area contributed by atoms with Crippen molar-refractivity contribution < 1.29 is 19.2 Å². The second-order valence-corrected chi connectivity index (χ2v) is 4.39. The molecule has 0 aliphatic heterocycles. The molecule has 1 heterocycles. The largest absolute Gasteiger partial charge is 0.495 e. The van der Waals surface area contributed by atoms with Gasteiger partial charge in [0.15, 0.2) is 5.69 Å². The lowest BCUT2D eigenvalue weighted by molar-refractivity contribution is -0.384. The van der Waals surface area contributed by atoms with Crippen LogP contribution in [0.15, 0.2) is 24.4 Å². The smallest absolute Gasteiger partial charge is 0.357 e. The van der Waals surface area contributed by atoms with Gasteiger partial charge in [0.25, 0.3) is 5.69 Å². The zero-order chi connectivity index (χ0) is 17.1. The summed E-state index contributed by atoms with van der Waals surface area (Å²) in [5.74, 6) is -0.516. The van der Waals surface area contributed by atoms with Crippen molar-refractivity contribution in [2.45, 2.75) is 0 Å². The summed E-state index contributed by atoms with van der Waals surface area (Å²) < 4.78 is 11.1. The van der Waals surface area contributed by atoms with Crippen molar-refractivity contribution >= 4 is 17.3 Å². The molecule has 0 radical (unpaired) electrons. The molecule has 118 valence electrons. The number of carbonyl (C=O) groups excluding carboxylic acids is 1. The van der Waals surface area contributed by atoms with Gasteiger partial charge in [-0.15, -0.1) is 0 Å². The Morgan fingerprint density at radius 2 is 2.13 bits per heavy atom. The first kappa shape index (κ1) is 15.8. The van der Waals surface area contributed by atoms with Crippen molar-refractivity contribution in [1.29, 1.82) is 5.26 Å². The highest BCUT2D eigenvalue weighted by molar-refractivity contribution is 5.96. The maximum absolute atomic E-state index is 12.0. The molecule has 1 aromatic carbocycles. The molecule has 1 aromatic heterocycles. The van der Waals surface area contributed by atoms with Crippen LogP contribution >= 0.6 is 0 Å². The molecule has 2 rings (SSSR count). The summed E-state index contributed by atoms with van der Waals surface area (Å²) in [6, 6.07) is 5.71. The summed E-state index contributed by atoms with van der Waals surface area (Å²) in [7, 11) is 2.54. The number of nitro groups is 1. The van der Waals surface area contributed by atoms with Gasteiger partial charge in [-0.25, -0.2) is 4.79 Å². The normalized spacial score (nSPS) is 9.96. The first-order chi connectivity index (χ1) is 10.9. The van der Waals surface area contributed by atoms with Gasteiger partial charge in [-0.3, -0.25) is 10.1 Å². The average Bonchev–Trinajstić information content (AvgIpc) is 2.89. The third-order valence-electron chi connectivity index (χ3n) is 3.18. The van der Waals surface area contributed by atoms with Gasteiger partial charge in [0.1, 0.15) is 11.8 Å². The molecule has 2 aromatic rings. The second kappa shape index (κ2) is 6.07. The third kappa shape index (κ3) is 2.65. The maximum Gasteiger partial charge on any atom is 0.357 e. The molecule has 0 amide bonds. The third-order valence-corrected chi connectivity index (χ3v) is 3.18. The zero-order valence-electron chi connectivity index (χ0n) is 12.3. The van der Waals surface area contributed by atoms with Crippen LogP contribution in [0.3, 0.4) is 0 Å². The van der Waals surface area contributed by atoms with Crippen molar-refractivity contribution in [1.82, 2.24) is 4.57 Å². The van der Waals surface area contributed by atoms with E-state index in [0.29, 0.717) is 0 Å². The van der Waals surface area contributed by atoms with E-state index in [1.54, 1.807) is 0 Å². The van der Waals surface area contributed by atoms with Crippen LogP contribution < -0.4 is 10.5 Å². The number of rotatable bonds is 4. The molecule has 0 fully saturated rings. The summed E-state index contributed by atoms with van der Waals surface area (Å²) in [4.78, 5) is 22.4. The van der Waals surface area contributed by atoms with Crippen LogP contribution in [0.25, 0.3) is 5.69 Å². The molecule has 0 aliphatic carbocycles. The number of nitrogens with zero attached hydrogens (tertiary/aromatic N) is 3. The number of benzene rings is 1. The van der Waals surface area contributed by atoms with Crippen molar-refractivity contribution in [2.75, 3.05) is 20.0 Å². The molecule has 0 bridgehead atoms. The van der Waals surface area contributed by atoms with E-state index in [9.17, 15) is 14.9 Å². The first-order valence-electron chi connectivity index (χ1n) is 6.26. The number of non-ortho nitro benzene ring substituents is 1. The number of hydrogen-bond donors (Lipinski definition) is 1. The lowest BCUT2D eigenvalue weighted by Crippen LogP contribution is -2.12. The van der Waals surface area contributed by atoms with Crippen LogP contribution in [0.4, 0.5) is 11.4 Å². The van der Waals surface area contributed by atoms with Crippen molar-refractivity contribution in [3.05, 3.63) is 45.8 Å². The summed E-state index contributed by atoms with van der Waals surface area (Å²) in [5.41, 5.74) is 5.64. The molecular formula is C14H12N4O5. The Morgan fingerprint density at radius 1 is 1.43 bits per heavy atom. The Morgan fingerprint density at radius 3 is 2.65 bits per heavy atom. The SMILES string of the molecule is COC(=O)c1c(N)c(C#N)cn1-c1cc([N+](=O)[O-])ccc1OC. The van der Waals surface area contributed by atoms with E-state index in [2.05, 4.69) is 4.74 Å². The molecule has 2 N–H and O–H groups in total. The molecule has 0 saturated heterocycles. The number of carbonyl (C=O) groups is 1.